The van der Waals surface area contributed by atoms with Crippen molar-refractivity contribution in [2.75, 3.05) is 24.8 Å². The van der Waals surface area contributed by atoms with Crippen LogP contribution in [0.4, 0.5) is 5.69 Å². The van der Waals surface area contributed by atoms with Gasteiger partial charge in [0.15, 0.2) is 0 Å². The van der Waals surface area contributed by atoms with Gasteiger partial charge in [-0.25, -0.2) is 4.79 Å². The van der Waals surface area contributed by atoms with E-state index in [0.29, 0.717) is 0 Å². The van der Waals surface area contributed by atoms with Crippen molar-refractivity contribution in [3.05, 3.63) is 88.8 Å². The number of benzene rings is 3. The molecule has 150 valence electrons. The Kier molecular flexibility index (Phi) is 3.23. The largest absolute Gasteiger partial charge is 0.478 e. The maximum Gasteiger partial charge on any atom is 0.335 e. The van der Waals surface area contributed by atoms with Crippen LogP contribution in [0, 0.1) is 0 Å². The number of aromatic carboxylic acids is 1. The molecular formula is C23H23ClN2O3. The van der Waals surface area contributed by atoms with Crippen molar-refractivity contribution >= 4 is 23.3 Å². The third-order valence-electron chi connectivity index (χ3n) is 3.40. The van der Waals surface area contributed by atoms with E-state index in [0.717, 1.165) is 0 Å². The summed E-state index contributed by atoms with van der Waals surface area (Å²) in [5.74, 6) is -1.82. The number of carboxylic acid groups (broad SMARTS) is 1. The first-order chi connectivity index (χ1) is 19.6. The molecule has 0 saturated carbocycles. The maximum atomic E-state index is 11.7. The molecule has 3 rings (SSSR count). The fraction of sp³-hybridized carbons (Fsp3) is 0.174. The zero-order chi connectivity index (χ0) is 33.0. The summed E-state index contributed by atoms with van der Waals surface area (Å²) < 4.78 is 115. The van der Waals surface area contributed by atoms with Crippen LogP contribution in [0.1, 0.15) is 41.2 Å². The molecule has 0 bridgehead atoms. The molecule has 1 atom stereocenters. The molecule has 0 amide bonds. The number of carbonyl (C=O) groups is 1. The number of nitrogens with one attached hydrogen (secondary N) is 2. The van der Waals surface area contributed by atoms with Crippen LogP contribution in [0.25, 0.3) is 11.1 Å². The predicted molar refractivity (Wildman–Crippen MR) is 117 cm³/mol. The van der Waals surface area contributed by atoms with Crippen molar-refractivity contribution in [2.45, 2.75) is 6.10 Å². The van der Waals surface area contributed by atoms with Gasteiger partial charge in [-0.1, -0.05) is 47.9 Å². The van der Waals surface area contributed by atoms with Gasteiger partial charge in [0.25, 0.3) is 0 Å². The van der Waals surface area contributed by atoms with Gasteiger partial charge in [0.05, 0.1) is 25.4 Å². The van der Waals surface area contributed by atoms with Gasteiger partial charge >= 0.3 is 5.97 Å². The minimum Gasteiger partial charge on any atom is -0.478 e. The lowest BCUT2D eigenvalue weighted by atomic mass is 10.0. The number of rotatable bonds is 9. The highest BCUT2D eigenvalue weighted by atomic mass is 35.5. The van der Waals surface area contributed by atoms with Crippen LogP contribution in [0.15, 0.2) is 72.6 Å². The number of hydrogen-bond donors (Lipinski definition) is 4. The van der Waals surface area contributed by atoms with Crippen molar-refractivity contribution < 1.29 is 34.2 Å². The minimum atomic E-state index is -3.43. The second kappa shape index (κ2) is 10.1. The molecule has 6 heteroatoms. The Labute approximate surface area is 194 Å². The normalized spacial score (nSPS) is 20.2. The van der Waals surface area contributed by atoms with Gasteiger partial charge in [0, 0.05) is 35.7 Å². The van der Waals surface area contributed by atoms with E-state index >= 15 is 0 Å². The molecule has 0 aliphatic rings. The number of halogens is 1. The van der Waals surface area contributed by atoms with E-state index in [1.165, 1.54) is 24.3 Å². The van der Waals surface area contributed by atoms with Crippen LogP contribution >= 0.6 is 11.6 Å². The zero-order valence-corrected chi connectivity index (χ0v) is 15.3. The smallest absolute Gasteiger partial charge is 0.335 e. The van der Waals surface area contributed by atoms with Crippen LogP contribution in [-0.4, -0.2) is 35.7 Å². The van der Waals surface area contributed by atoms with Crippen molar-refractivity contribution in [3.8, 4) is 11.1 Å². The second-order valence-corrected chi connectivity index (χ2v) is 5.84. The molecule has 3 aromatic rings. The molecule has 0 fully saturated rings. The summed E-state index contributed by atoms with van der Waals surface area (Å²) in [5, 5.41) is 23.8. The molecule has 0 spiro atoms. The highest BCUT2D eigenvalue weighted by molar-refractivity contribution is 6.30. The third-order valence-corrected chi connectivity index (χ3v) is 3.63. The van der Waals surface area contributed by atoms with Crippen molar-refractivity contribution in [2.24, 2.45) is 0 Å². The number of aliphatic hydroxyl groups excluding tert-OH is 1. The lowest BCUT2D eigenvalue weighted by molar-refractivity contribution is 0.0697. The fourth-order valence-corrected chi connectivity index (χ4v) is 2.30. The molecule has 5 nitrogen and oxygen atoms in total. The molecular weight excluding hydrogens is 388 g/mol. The van der Waals surface area contributed by atoms with Crippen molar-refractivity contribution in [1.29, 1.82) is 0 Å². The molecule has 29 heavy (non-hydrogen) atoms. The molecule has 0 radical (unpaired) electrons. The first-order valence-corrected chi connectivity index (χ1v) is 8.40. The molecule has 0 unspecified atom stereocenters. The van der Waals surface area contributed by atoms with Crippen LogP contribution in [-0.2, 0) is 0 Å². The standard InChI is InChI=1S/C23H23ClN2O3/c24-20-8-2-6-18(13-20)22(27)15-25-10-11-26-21-9-3-5-17(14-21)16-4-1-7-19(12-16)23(28)29/h1-9,12-14,22,25-27H,10-11,15H2,(H,28,29)/t22-/m0/s1/i1D,3D,4D,5D,7D,9D,10D2,11D2,12D,14D,15D2. The minimum absolute atomic E-state index is 0.0729. The predicted octanol–water partition coefficient (Wildman–Crippen LogP) is 4.44. The summed E-state index contributed by atoms with van der Waals surface area (Å²) in [6, 6.07) is -2.62. The van der Waals surface area contributed by atoms with Gasteiger partial charge in [-0.05, 0) is 53.0 Å². The molecule has 0 aliphatic heterocycles. The van der Waals surface area contributed by atoms with Crippen LogP contribution in [0.3, 0.4) is 0 Å². The Morgan fingerprint density at radius 2 is 1.90 bits per heavy atom. The van der Waals surface area contributed by atoms with E-state index in [1.54, 1.807) is 5.32 Å². The Hall–Kier alpha value is -2.86. The van der Waals surface area contributed by atoms with E-state index in [4.69, 9.17) is 30.8 Å². The highest BCUT2D eigenvalue weighted by Gasteiger charge is 2.07. The average Bonchev–Trinajstić information content (AvgIpc) is 2.89. The summed E-state index contributed by atoms with van der Waals surface area (Å²) in [5.41, 5.74) is -3.71. The highest BCUT2D eigenvalue weighted by Crippen LogP contribution is 2.23. The van der Waals surface area contributed by atoms with E-state index in [9.17, 15) is 15.0 Å². The summed E-state index contributed by atoms with van der Waals surface area (Å²) >= 11 is 5.87. The van der Waals surface area contributed by atoms with E-state index in [-0.39, 0.29) is 10.6 Å². The Morgan fingerprint density at radius 3 is 2.66 bits per heavy atom. The van der Waals surface area contributed by atoms with Crippen LogP contribution < -0.4 is 10.6 Å². The van der Waals surface area contributed by atoms with Crippen molar-refractivity contribution in [1.82, 2.24) is 5.32 Å². The van der Waals surface area contributed by atoms with Gasteiger partial charge in [0.2, 0.25) is 0 Å². The molecule has 0 heterocycles. The topological polar surface area (TPSA) is 81.6 Å². The Balaban J connectivity index is 2.15. The number of hydrogen-bond acceptors (Lipinski definition) is 4. The summed E-state index contributed by atoms with van der Waals surface area (Å²) in [6.07, 6.45) is -2.06. The third kappa shape index (κ3) is 6.06. The fourth-order valence-electron chi connectivity index (χ4n) is 2.10. The van der Waals surface area contributed by atoms with Gasteiger partial charge in [-0.15, -0.1) is 0 Å². The maximum absolute atomic E-state index is 11.7. The van der Waals surface area contributed by atoms with Gasteiger partial charge in [-0.2, -0.15) is 0 Å². The summed E-state index contributed by atoms with van der Waals surface area (Å²) in [4.78, 5) is 11.7. The van der Waals surface area contributed by atoms with E-state index < -0.39 is 102 Å². The van der Waals surface area contributed by atoms with Gasteiger partial charge in [-0.3, -0.25) is 0 Å². The number of aliphatic hydroxyl groups is 1. The lowest BCUT2D eigenvalue weighted by Gasteiger charge is -2.13. The monoisotopic (exact) mass is 424 g/mol. The molecule has 0 aliphatic carbocycles. The van der Waals surface area contributed by atoms with Crippen LogP contribution in [0.5, 0.6) is 0 Å². The summed E-state index contributed by atoms with van der Waals surface area (Å²) in [7, 11) is 0. The first-order valence-electron chi connectivity index (χ1n) is 15.0. The first kappa shape index (κ1) is 9.30. The molecule has 4 N–H and O–H groups in total. The summed E-state index contributed by atoms with van der Waals surface area (Å²) in [6.45, 7) is -9.90. The second-order valence-electron chi connectivity index (χ2n) is 5.41. The number of anilines is 1. The molecule has 0 aromatic heterocycles. The van der Waals surface area contributed by atoms with E-state index in [2.05, 4.69) is 0 Å². The quantitative estimate of drug-likeness (QED) is 0.408. The van der Waals surface area contributed by atoms with Gasteiger partial charge < -0.3 is 20.8 Å². The SMILES string of the molecule is [2H]c1c([2H])c(NC([2H])([2H])C([2H])([2H])NC([2H])([2H])[C@H](O)c2cccc(Cl)c2)c([2H])c(-c2c([2H])c([2H])c([2H])c(C(=O)O)c2[2H])c1[2H]. The van der Waals surface area contributed by atoms with Crippen LogP contribution in [0.2, 0.25) is 5.02 Å². The lowest BCUT2D eigenvalue weighted by Crippen LogP contribution is -2.26. The average molecular weight is 425 g/mol. The zero-order valence-electron chi connectivity index (χ0n) is 28.6. The van der Waals surface area contributed by atoms with Gasteiger partial charge in [0.1, 0.15) is 0 Å². The molecule has 0 saturated heterocycles. The Bertz CT molecular complexity index is 1620. The Morgan fingerprint density at radius 1 is 1.14 bits per heavy atom. The van der Waals surface area contributed by atoms with E-state index in [1.807, 2.05) is 5.32 Å². The van der Waals surface area contributed by atoms with Crippen molar-refractivity contribution in [3.63, 3.8) is 0 Å². The number of carboxylic acids is 1. The molecule has 3 aromatic carbocycles.